The molecule has 0 radical (unpaired) electrons. The van der Waals surface area contributed by atoms with Crippen LogP contribution in [0.4, 0.5) is 5.69 Å². The summed E-state index contributed by atoms with van der Waals surface area (Å²) < 4.78 is 5.60. The fraction of sp³-hybridized carbons (Fsp3) is 0.500. The number of anilines is 1. The Morgan fingerprint density at radius 1 is 1.33 bits per heavy atom. The molecule has 0 N–H and O–H groups in total. The SMILES string of the molecule is CC(C)(C)N1CCOc2cc(Cl)ccc21. The summed E-state index contributed by atoms with van der Waals surface area (Å²) in [5.74, 6) is 0.892. The predicted molar refractivity (Wildman–Crippen MR) is 64.0 cm³/mol. The summed E-state index contributed by atoms with van der Waals surface area (Å²) in [6.07, 6.45) is 0. The Labute approximate surface area is 95.8 Å². The van der Waals surface area contributed by atoms with E-state index < -0.39 is 0 Å². The van der Waals surface area contributed by atoms with E-state index in [4.69, 9.17) is 16.3 Å². The third kappa shape index (κ3) is 2.05. The van der Waals surface area contributed by atoms with Crippen LogP contribution in [0.2, 0.25) is 5.02 Å². The van der Waals surface area contributed by atoms with E-state index in [-0.39, 0.29) is 5.54 Å². The van der Waals surface area contributed by atoms with E-state index in [1.807, 2.05) is 18.2 Å². The minimum Gasteiger partial charge on any atom is -0.490 e. The zero-order valence-corrected chi connectivity index (χ0v) is 10.1. The molecule has 2 rings (SSSR count). The van der Waals surface area contributed by atoms with Gasteiger partial charge in [-0.05, 0) is 32.9 Å². The molecule has 3 heteroatoms. The lowest BCUT2D eigenvalue weighted by molar-refractivity contribution is 0.289. The zero-order chi connectivity index (χ0) is 11.1. The van der Waals surface area contributed by atoms with Crippen LogP contribution < -0.4 is 9.64 Å². The normalized spacial score (nSPS) is 15.9. The molecule has 0 saturated heterocycles. The molecule has 82 valence electrons. The number of benzene rings is 1. The summed E-state index contributed by atoms with van der Waals surface area (Å²) in [5, 5.41) is 0.726. The second kappa shape index (κ2) is 3.60. The first-order chi connectivity index (χ1) is 6.98. The molecule has 0 unspecified atom stereocenters. The Hall–Kier alpha value is -0.890. The molecule has 1 aliphatic rings. The van der Waals surface area contributed by atoms with Crippen LogP contribution in [-0.2, 0) is 0 Å². The van der Waals surface area contributed by atoms with Crippen LogP contribution in [0.25, 0.3) is 0 Å². The molecular formula is C12H16ClNO. The van der Waals surface area contributed by atoms with E-state index in [2.05, 4.69) is 25.7 Å². The predicted octanol–water partition coefficient (Wildman–Crippen LogP) is 3.34. The third-order valence-corrected chi connectivity index (χ3v) is 2.83. The molecule has 0 saturated carbocycles. The number of rotatable bonds is 0. The molecule has 2 nitrogen and oxygen atoms in total. The lowest BCUT2D eigenvalue weighted by atomic mass is 10.0. The Balaban J connectivity index is 2.43. The van der Waals surface area contributed by atoms with Crippen LogP contribution in [0.5, 0.6) is 5.75 Å². The largest absolute Gasteiger partial charge is 0.490 e. The van der Waals surface area contributed by atoms with Crippen molar-refractivity contribution in [1.29, 1.82) is 0 Å². The lowest BCUT2D eigenvalue weighted by Gasteiger charge is -2.41. The molecule has 0 bridgehead atoms. The Morgan fingerprint density at radius 2 is 2.07 bits per heavy atom. The standard InChI is InChI=1S/C12H16ClNO/c1-12(2,3)14-6-7-15-11-8-9(13)4-5-10(11)14/h4-5,8H,6-7H2,1-3H3. The van der Waals surface area contributed by atoms with Gasteiger partial charge in [0.25, 0.3) is 0 Å². The van der Waals surface area contributed by atoms with Crippen molar-refractivity contribution in [2.24, 2.45) is 0 Å². The highest BCUT2D eigenvalue weighted by molar-refractivity contribution is 6.30. The van der Waals surface area contributed by atoms with E-state index in [9.17, 15) is 0 Å². The van der Waals surface area contributed by atoms with E-state index in [0.717, 1.165) is 29.6 Å². The van der Waals surface area contributed by atoms with Gasteiger partial charge in [-0.1, -0.05) is 11.6 Å². The molecule has 1 heterocycles. The highest BCUT2D eigenvalue weighted by atomic mass is 35.5. The summed E-state index contributed by atoms with van der Waals surface area (Å²) in [6, 6.07) is 5.82. The van der Waals surface area contributed by atoms with Crippen molar-refractivity contribution in [3.05, 3.63) is 23.2 Å². The van der Waals surface area contributed by atoms with Gasteiger partial charge in [0.2, 0.25) is 0 Å². The van der Waals surface area contributed by atoms with Crippen LogP contribution >= 0.6 is 11.6 Å². The van der Waals surface area contributed by atoms with E-state index >= 15 is 0 Å². The molecule has 0 spiro atoms. The fourth-order valence-corrected chi connectivity index (χ4v) is 2.05. The van der Waals surface area contributed by atoms with Crippen molar-refractivity contribution in [2.75, 3.05) is 18.1 Å². The summed E-state index contributed by atoms with van der Waals surface area (Å²) in [4.78, 5) is 2.35. The van der Waals surface area contributed by atoms with Gasteiger partial charge in [-0.25, -0.2) is 0 Å². The van der Waals surface area contributed by atoms with Crippen LogP contribution in [0.3, 0.4) is 0 Å². The fourth-order valence-electron chi connectivity index (χ4n) is 1.89. The van der Waals surface area contributed by atoms with Gasteiger partial charge >= 0.3 is 0 Å². The topological polar surface area (TPSA) is 12.5 Å². The van der Waals surface area contributed by atoms with E-state index in [1.165, 1.54) is 0 Å². The van der Waals surface area contributed by atoms with Gasteiger partial charge in [0.15, 0.2) is 0 Å². The summed E-state index contributed by atoms with van der Waals surface area (Å²) >= 11 is 5.94. The van der Waals surface area contributed by atoms with Crippen molar-refractivity contribution in [3.8, 4) is 5.75 Å². The minimum absolute atomic E-state index is 0.117. The molecule has 0 aliphatic carbocycles. The Kier molecular flexibility index (Phi) is 2.55. The maximum absolute atomic E-state index is 5.94. The smallest absolute Gasteiger partial charge is 0.144 e. The van der Waals surface area contributed by atoms with Crippen LogP contribution in [0.15, 0.2) is 18.2 Å². The number of halogens is 1. The molecule has 1 aliphatic heterocycles. The van der Waals surface area contributed by atoms with Gasteiger partial charge < -0.3 is 9.64 Å². The molecule has 15 heavy (non-hydrogen) atoms. The van der Waals surface area contributed by atoms with Crippen molar-refractivity contribution >= 4 is 17.3 Å². The summed E-state index contributed by atoms with van der Waals surface area (Å²) in [7, 11) is 0. The van der Waals surface area contributed by atoms with Crippen LogP contribution in [0.1, 0.15) is 20.8 Å². The molecule has 0 amide bonds. The highest BCUT2D eigenvalue weighted by Crippen LogP contribution is 2.37. The quantitative estimate of drug-likeness (QED) is 0.672. The third-order valence-electron chi connectivity index (χ3n) is 2.59. The maximum Gasteiger partial charge on any atom is 0.144 e. The summed E-state index contributed by atoms with van der Waals surface area (Å²) in [6.45, 7) is 8.27. The average Bonchev–Trinajstić information content (AvgIpc) is 2.15. The number of ether oxygens (including phenoxy) is 1. The van der Waals surface area contributed by atoms with Crippen LogP contribution in [0, 0.1) is 0 Å². The Morgan fingerprint density at radius 3 is 2.73 bits per heavy atom. The monoisotopic (exact) mass is 225 g/mol. The second-order valence-corrected chi connectivity index (χ2v) is 5.22. The van der Waals surface area contributed by atoms with Gasteiger partial charge in [0.1, 0.15) is 12.4 Å². The first-order valence-corrected chi connectivity index (χ1v) is 5.56. The number of hydrogen-bond acceptors (Lipinski definition) is 2. The van der Waals surface area contributed by atoms with E-state index in [1.54, 1.807) is 0 Å². The molecule has 1 aromatic carbocycles. The number of fused-ring (bicyclic) bond motifs is 1. The van der Waals surface area contributed by atoms with Gasteiger partial charge in [0, 0.05) is 16.6 Å². The Bertz CT molecular complexity index is 370. The molecule has 0 aromatic heterocycles. The maximum atomic E-state index is 5.94. The van der Waals surface area contributed by atoms with Gasteiger partial charge in [-0.2, -0.15) is 0 Å². The number of nitrogens with zero attached hydrogens (tertiary/aromatic N) is 1. The molecular weight excluding hydrogens is 210 g/mol. The van der Waals surface area contributed by atoms with Crippen molar-refractivity contribution in [1.82, 2.24) is 0 Å². The van der Waals surface area contributed by atoms with Crippen LogP contribution in [-0.4, -0.2) is 18.7 Å². The van der Waals surface area contributed by atoms with Gasteiger partial charge in [0.05, 0.1) is 12.2 Å². The molecule has 0 atom stereocenters. The van der Waals surface area contributed by atoms with Gasteiger partial charge in [-0.3, -0.25) is 0 Å². The second-order valence-electron chi connectivity index (χ2n) is 4.78. The zero-order valence-electron chi connectivity index (χ0n) is 9.38. The van der Waals surface area contributed by atoms with Crippen molar-refractivity contribution < 1.29 is 4.74 Å². The van der Waals surface area contributed by atoms with Crippen molar-refractivity contribution in [2.45, 2.75) is 26.3 Å². The van der Waals surface area contributed by atoms with Crippen molar-refractivity contribution in [3.63, 3.8) is 0 Å². The molecule has 0 fully saturated rings. The molecule has 1 aromatic rings. The summed E-state index contributed by atoms with van der Waals surface area (Å²) in [5.41, 5.74) is 1.25. The highest BCUT2D eigenvalue weighted by Gasteiger charge is 2.27. The van der Waals surface area contributed by atoms with E-state index in [0.29, 0.717) is 0 Å². The van der Waals surface area contributed by atoms with Gasteiger partial charge in [-0.15, -0.1) is 0 Å². The average molecular weight is 226 g/mol. The number of hydrogen-bond donors (Lipinski definition) is 0. The lowest BCUT2D eigenvalue weighted by Crippen LogP contribution is -2.46. The first-order valence-electron chi connectivity index (χ1n) is 5.18. The first kappa shape index (κ1) is 10.6. The minimum atomic E-state index is 0.117.